The van der Waals surface area contributed by atoms with E-state index in [0.29, 0.717) is 12.5 Å². The number of nitrogens with one attached hydrogen (secondary N) is 2. The summed E-state index contributed by atoms with van der Waals surface area (Å²) >= 11 is 0. The number of hydrogen-bond acceptors (Lipinski definition) is 4. The Labute approximate surface area is 106 Å². The molecule has 0 spiro atoms. The van der Waals surface area contributed by atoms with Crippen LogP contribution < -0.4 is 10.6 Å². The van der Waals surface area contributed by atoms with Gasteiger partial charge in [-0.2, -0.15) is 0 Å². The van der Waals surface area contributed by atoms with Crippen molar-refractivity contribution in [1.29, 1.82) is 0 Å². The minimum Gasteiger partial charge on any atom is -0.480 e. The number of carboxylic acid groups (broad SMARTS) is 1. The highest BCUT2D eigenvalue weighted by Gasteiger charge is 2.32. The largest absolute Gasteiger partial charge is 0.480 e. The van der Waals surface area contributed by atoms with Crippen molar-refractivity contribution in [3.63, 3.8) is 0 Å². The van der Waals surface area contributed by atoms with Gasteiger partial charge in [-0.3, -0.25) is 19.3 Å². The number of nitrogens with zero attached hydrogens (tertiary/aromatic N) is 1. The Morgan fingerprint density at radius 2 is 2.22 bits per heavy atom. The molecule has 1 heterocycles. The van der Waals surface area contributed by atoms with Crippen LogP contribution in [0.2, 0.25) is 0 Å². The molecular formula is C11H19N3O4. The summed E-state index contributed by atoms with van der Waals surface area (Å²) < 4.78 is 0. The van der Waals surface area contributed by atoms with E-state index in [1.165, 1.54) is 4.90 Å². The van der Waals surface area contributed by atoms with Gasteiger partial charge in [0.15, 0.2) is 0 Å². The lowest BCUT2D eigenvalue weighted by Crippen LogP contribution is -2.59. The number of carboxylic acids is 1. The summed E-state index contributed by atoms with van der Waals surface area (Å²) in [5.74, 6) is -1.23. The molecule has 18 heavy (non-hydrogen) atoms. The van der Waals surface area contributed by atoms with Gasteiger partial charge in [0.25, 0.3) is 0 Å². The summed E-state index contributed by atoms with van der Waals surface area (Å²) in [7, 11) is 0. The molecule has 7 heteroatoms. The molecular weight excluding hydrogens is 238 g/mol. The fourth-order valence-electron chi connectivity index (χ4n) is 1.66. The third kappa shape index (κ3) is 4.33. The number of aliphatic carboxylic acids is 1. The number of piperazine rings is 1. The van der Waals surface area contributed by atoms with E-state index in [-0.39, 0.29) is 31.4 Å². The van der Waals surface area contributed by atoms with Crippen molar-refractivity contribution < 1.29 is 19.5 Å². The average molecular weight is 257 g/mol. The molecule has 0 aromatic carbocycles. The van der Waals surface area contributed by atoms with E-state index in [4.69, 9.17) is 5.11 Å². The van der Waals surface area contributed by atoms with Gasteiger partial charge in [0.2, 0.25) is 11.8 Å². The van der Waals surface area contributed by atoms with Crippen LogP contribution in [0.1, 0.15) is 13.8 Å². The minimum atomic E-state index is -1.04. The van der Waals surface area contributed by atoms with E-state index in [9.17, 15) is 14.4 Å². The Morgan fingerprint density at radius 1 is 1.56 bits per heavy atom. The summed E-state index contributed by atoms with van der Waals surface area (Å²) in [4.78, 5) is 35.2. The monoisotopic (exact) mass is 257 g/mol. The van der Waals surface area contributed by atoms with Gasteiger partial charge in [-0.1, -0.05) is 13.8 Å². The first-order valence-electron chi connectivity index (χ1n) is 5.90. The Kier molecular flexibility index (Phi) is 5.08. The van der Waals surface area contributed by atoms with Crippen molar-refractivity contribution in [3.05, 3.63) is 0 Å². The lowest BCUT2D eigenvalue weighted by Gasteiger charge is -2.31. The van der Waals surface area contributed by atoms with Crippen LogP contribution in [0.15, 0.2) is 0 Å². The number of rotatable bonds is 5. The topological polar surface area (TPSA) is 98.7 Å². The number of amides is 2. The molecule has 1 rings (SSSR count). The van der Waals surface area contributed by atoms with E-state index < -0.39 is 12.0 Å². The Balaban J connectivity index is 2.52. The van der Waals surface area contributed by atoms with E-state index in [0.717, 1.165) is 0 Å². The van der Waals surface area contributed by atoms with Crippen LogP contribution in [-0.2, 0) is 14.4 Å². The first kappa shape index (κ1) is 14.4. The molecule has 1 fully saturated rings. The summed E-state index contributed by atoms with van der Waals surface area (Å²) in [5, 5.41) is 14.2. The summed E-state index contributed by atoms with van der Waals surface area (Å²) in [5.41, 5.74) is 0. The maximum absolute atomic E-state index is 11.6. The van der Waals surface area contributed by atoms with Crippen LogP contribution in [0.5, 0.6) is 0 Å². The molecule has 1 aliphatic rings. The lowest BCUT2D eigenvalue weighted by atomic mass is 10.2. The molecule has 1 saturated heterocycles. The van der Waals surface area contributed by atoms with Crippen molar-refractivity contribution in [1.82, 2.24) is 15.5 Å². The van der Waals surface area contributed by atoms with E-state index in [2.05, 4.69) is 10.6 Å². The molecule has 1 unspecified atom stereocenters. The van der Waals surface area contributed by atoms with Crippen LogP contribution >= 0.6 is 0 Å². The zero-order valence-corrected chi connectivity index (χ0v) is 10.6. The van der Waals surface area contributed by atoms with Gasteiger partial charge in [-0.25, -0.2) is 0 Å². The Morgan fingerprint density at radius 3 is 2.78 bits per heavy atom. The molecule has 0 aromatic rings. The number of carbonyl (C=O) groups is 3. The van der Waals surface area contributed by atoms with Crippen molar-refractivity contribution in [2.75, 3.05) is 26.2 Å². The summed E-state index contributed by atoms with van der Waals surface area (Å²) in [6.07, 6.45) is 0. The van der Waals surface area contributed by atoms with Crippen molar-refractivity contribution in [3.8, 4) is 0 Å². The second-order valence-corrected chi connectivity index (χ2v) is 4.76. The molecule has 7 nitrogen and oxygen atoms in total. The zero-order valence-electron chi connectivity index (χ0n) is 10.6. The lowest BCUT2D eigenvalue weighted by molar-refractivity contribution is -0.146. The van der Waals surface area contributed by atoms with Crippen molar-refractivity contribution in [2.45, 2.75) is 19.9 Å². The van der Waals surface area contributed by atoms with Crippen molar-refractivity contribution >= 4 is 17.8 Å². The molecule has 1 aliphatic heterocycles. The second kappa shape index (κ2) is 6.34. The third-order valence-electron chi connectivity index (χ3n) is 2.62. The standard InChI is InChI=1S/C11H19N3O4/c1-7(2)3-12-9(15)5-14-6-10(16)13-4-8(14)11(17)18/h7-8H,3-6H2,1-2H3,(H,12,15)(H,13,16)(H,17,18). The number of carbonyl (C=O) groups excluding carboxylic acids is 2. The maximum atomic E-state index is 11.6. The molecule has 0 saturated carbocycles. The first-order valence-corrected chi connectivity index (χ1v) is 5.90. The van der Waals surface area contributed by atoms with E-state index >= 15 is 0 Å². The van der Waals surface area contributed by atoms with Gasteiger partial charge in [0, 0.05) is 13.1 Å². The van der Waals surface area contributed by atoms with Crippen LogP contribution in [0.4, 0.5) is 0 Å². The van der Waals surface area contributed by atoms with Gasteiger partial charge >= 0.3 is 5.97 Å². The van der Waals surface area contributed by atoms with Crippen LogP contribution in [0.25, 0.3) is 0 Å². The Bertz CT molecular complexity index is 343. The quantitative estimate of drug-likeness (QED) is 0.565. The maximum Gasteiger partial charge on any atom is 0.322 e. The summed E-state index contributed by atoms with van der Waals surface area (Å²) in [6.45, 7) is 4.37. The SMILES string of the molecule is CC(C)CNC(=O)CN1CC(=O)NCC1C(=O)O. The molecule has 3 N–H and O–H groups in total. The van der Waals surface area contributed by atoms with E-state index in [1.54, 1.807) is 0 Å². The molecule has 0 radical (unpaired) electrons. The second-order valence-electron chi connectivity index (χ2n) is 4.76. The fraction of sp³-hybridized carbons (Fsp3) is 0.727. The predicted octanol–water partition coefficient (Wildman–Crippen LogP) is -1.36. The van der Waals surface area contributed by atoms with Gasteiger partial charge in [-0.05, 0) is 5.92 Å². The highest BCUT2D eigenvalue weighted by atomic mass is 16.4. The smallest absolute Gasteiger partial charge is 0.322 e. The van der Waals surface area contributed by atoms with Gasteiger partial charge in [-0.15, -0.1) is 0 Å². The average Bonchev–Trinajstić information content (AvgIpc) is 2.26. The normalized spacial score (nSPS) is 20.6. The first-order chi connectivity index (χ1) is 8.40. The minimum absolute atomic E-state index is 0.0334. The van der Waals surface area contributed by atoms with Gasteiger partial charge in [0.1, 0.15) is 6.04 Å². The zero-order chi connectivity index (χ0) is 13.7. The molecule has 0 aliphatic carbocycles. The van der Waals surface area contributed by atoms with Crippen LogP contribution in [0, 0.1) is 5.92 Å². The highest BCUT2D eigenvalue weighted by Crippen LogP contribution is 2.03. The molecule has 2 amide bonds. The molecule has 102 valence electrons. The van der Waals surface area contributed by atoms with Crippen molar-refractivity contribution in [2.24, 2.45) is 5.92 Å². The van der Waals surface area contributed by atoms with Crippen LogP contribution in [-0.4, -0.2) is 60.0 Å². The predicted molar refractivity (Wildman–Crippen MR) is 63.9 cm³/mol. The summed E-state index contributed by atoms with van der Waals surface area (Å²) in [6, 6.07) is -0.840. The Hall–Kier alpha value is -1.63. The van der Waals surface area contributed by atoms with Gasteiger partial charge in [0.05, 0.1) is 13.1 Å². The van der Waals surface area contributed by atoms with E-state index in [1.807, 2.05) is 13.8 Å². The van der Waals surface area contributed by atoms with Gasteiger partial charge < -0.3 is 15.7 Å². The third-order valence-corrected chi connectivity index (χ3v) is 2.62. The molecule has 0 bridgehead atoms. The highest BCUT2D eigenvalue weighted by molar-refractivity contribution is 5.85. The number of hydrogen-bond donors (Lipinski definition) is 3. The molecule has 0 aromatic heterocycles. The molecule has 1 atom stereocenters. The fourth-order valence-corrected chi connectivity index (χ4v) is 1.66. The van der Waals surface area contributed by atoms with Crippen LogP contribution in [0.3, 0.4) is 0 Å².